The average Bonchev–Trinajstić information content (AvgIpc) is 3.61. The summed E-state index contributed by atoms with van der Waals surface area (Å²) in [5.74, 6) is 1.35. The van der Waals surface area contributed by atoms with Gasteiger partial charge in [-0.2, -0.15) is 9.40 Å². The van der Waals surface area contributed by atoms with Crippen LogP contribution in [0.4, 0.5) is 5.82 Å². The van der Waals surface area contributed by atoms with Crippen LogP contribution < -0.4 is 10.6 Å². The quantitative estimate of drug-likeness (QED) is 0.173. The predicted molar refractivity (Wildman–Crippen MR) is 148 cm³/mol. The minimum atomic E-state index is -3.51. The summed E-state index contributed by atoms with van der Waals surface area (Å²) in [5.41, 5.74) is 1.10. The van der Waals surface area contributed by atoms with Gasteiger partial charge in [0.1, 0.15) is 5.82 Å². The van der Waals surface area contributed by atoms with Gasteiger partial charge >= 0.3 is 0 Å². The monoisotopic (exact) mass is 561 g/mol. The number of rotatable bonds is 14. The fraction of sp³-hybridized carbons (Fsp3) is 0.520. The van der Waals surface area contributed by atoms with Gasteiger partial charge in [-0.05, 0) is 50.5 Å². The van der Waals surface area contributed by atoms with Crippen LogP contribution in [0.1, 0.15) is 43.5 Å². The summed E-state index contributed by atoms with van der Waals surface area (Å²) in [6.07, 6.45) is 4.49. The lowest BCUT2D eigenvalue weighted by atomic mass is 10.2. The zero-order valence-corrected chi connectivity index (χ0v) is 23.5. The highest BCUT2D eigenvalue weighted by Gasteiger charge is 2.27. The molecule has 11 nitrogen and oxygen atoms in total. The molecule has 3 aromatic rings. The highest BCUT2D eigenvalue weighted by molar-refractivity contribution is 7.99. The fourth-order valence-electron chi connectivity index (χ4n) is 4.11. The van der Waals surface area contributed by atoms with E-state index >= 15 is 0 Å². The van der Waals surface area contributed by atoms with Crippen molar-refractivity contribution in [3.8, 4) is 0 Å². The molecule has 0 bridgehead atoms. The van der Waals surface area contributed by atoms with Crippen molar-refractivity contribution in [2.75, 3.05) is 50.5 Å². The van der Waals surface area contributed by atoms with Crippen LogP contribution >= 0.6 is 11.8 Å². The van der Waals surface area contributed by atoms with Crippen molar-refractivity contribution in [1.82, 2.24) is 29.4 Å². The van der Waals surface area contributed by atoms with Gasteiger partial charge in [-0.1, -0.05) is 18.7 Å². The van der Waals surface area contributed by atoms with Crippen molar-refractivity contribution in [2.45, 2.75) is 49.7 Å². The Kier molecular flexibility index (Phi) is 9.94. The number of benzene rings is 1. The van der Waals surface area contributed by atoms with E-state index in [1.54, 1.807) is 34.8 Å². The van der Waals surface area contributed by atoms with Gasteiger partial charge in [0.2, 0.25) is 10.0 Å². The Hall–Kier alpha value is -2.74. The molecule has 0 aliphatic carbocycles. The van der Waals surface area contributed by atoms with Crippen molar-refractivity contribution in [1.29, 1.82) is 0 Å². The number of nitrogens with one attached hydrogen (secondary N) is 2. The highest BCUT2D eigenvalue weighted by atomic mass is 32.2. The molecule has 13 heteroatoms. The van der Waals surface area contributed by atoms with Crippen LogP contribution in [-0.2, 0) is 21.3 Å². The minimum Gasteiger partial charge on any atom is -0.380 e. The molecule has 206 valence electrons. The summed E-state index contributed by atoms with van der Waals surface area (Å²) in [7, 11) is -3.51. The molecular formula is C25H35N7O4S2. The lowest BCUT2D eigenvalue weighted by Gasteiger charge is -2.15. The van der Waals surface area contributed by atoms with E-state index in [9.17, 15) is 13.2 Å². The Morgan fingerprint density at radius 1 is 1.11 bits per heavy atom. The van der Waals surface area contributed by atoms with Gasteiger partial charge in [0, 0.05) is 44.1 Å². The van der Waals surface area contributed by atoms with Gasteiger partial charge in [-0.3, -0.25) is 4.79 Å². The summed E-state index contributed by atoms with van der Waals surface area (Å²) >= 11 is 1.59. The number of thioether (sulfide) groups is 1. The van der Waals surface area contributed by atoms with Crippen molar-refractivity contribution in [3.63, 3.8) is 0 Å². The first-order valence-electron chi connectivity index (χ1n) is 13.0. The van der Waals surface area contributed by atoms with E-state index in [-0.39, 0.29) is 10.8 Å². The van der Waals surface area contributed by atoms with Gasteiger partial charge in [-0.25, -0.2) is 23.1 Å². The molecule has 38 heavy (non-hydrogen) atoms. The largest absolute Gasteiger partial charge is 0.380 e. The smallest absolute Gasteiger partial charge is 0.251 e. The molecule has 1 fully saturated rings. The molecule has 3 heterocycles. The molecule has 1 amide bonds. The van der Waals surface area contributed by atoms with E-state index in [2.05, 4.69) is 27.6 Å². The van der Waals surface area contributed by atoms with Crippen LogP contribution in [-0.4, -0.2) is 83.5 Å². The summed E-state index contributed by atoms with van der Waals surface area (Å²) in [4.78, 5) is 22.3. The number of nitrogens with zero attached hydrogens (tertiary/aromatic N) is 5. The number of carbonyl (C=O) groups is 1. The molecule has 1 aliphatic heterocycles. The second-order valence-corrected chi connectivity index (χ2v) is 11.8. The number of sulfonamides is 1. The Morgan fingerprint density at radius 2 is 1.87 bits per heavy atom. The maximum absolute atomic E-state index is 12.7. The van der Waals surface area contributed by atoms with Crippen molar-refractivity contribution in [3.05, 3.63) is 36.0 Å². The second kappa shape index (κ2) is 13.4. The second-order valence-electron chi connectivity index (χ2n) is 8.82. The lowest BCUT2D eigenvalue weighted by Crippen LogP contribution is -2.29. The third-order valence-corrected chi connectivity index (χ3v) is 9.05. The molecule has 0 radical (unpaired) electrons. The third-order valence-electron chi connectivity index (χ3n) is 6.08. The van der Waals surface area contributed by atoms with Gasteiger partial charge < -0.3 is 15.4 Å². The number of aromatic nitrogens is 4. The first-order chi connectivity index (χ1) is 18.4. The molecule has 2 N–H and O–H groups in total. The van der Waals surface area contributed by atoms with Crippen LogP contribution in [0.3, 0.4) is 0 Å². The number of fused-ring (bicyclic) bond motifs is 1. The van der Waals surface area contributed by atoms with Crippen LogP contribution in [0, 0.1) is 0 Å². The zero-order valence-electron chi connectivity index (χ0n) is 21.9. The van der Waals surface area contributed by atoms with Crippen molar-refractivity contribution < 1.29 is 17.9 Å². The molecule has 0 spiro atoms. The molecule has 2 aromatic heterocycles. The number of hydrogen-bond donors (Lipinski definition) is 2. The maximum Gasteiger partial charge on any atom is 0.251 e. The summed E-state index contributed by atoms with van der Waals surface area (Å²) < 4.78 is 34.1. The van der Waals surface area contributed by atoms with Crippen LogP contribution in [0.25, 0.3) is 11.0 Å². The number of ether oxygens (including phenoxy) is 1. The van der Waals surface area contributed by atoms with Crippen LogP contribution in [0.2, 0.25) is 0 Å². The highest BCUT2D eigenvalue weighted by Crippen LogP contribution is 2.25. The van der Waals surface area contributed by atoms with Crippen LogP contribution in [0.15, 0.2) is 40.5 Å². The molecule has 4 rings (SSSR count). The average molecular weight is 562 g/mol. The molecular weight excluding hydrogens is 526 g/mol. The summed E-state index contributed by atoms with van der Waals surface area (Å²) in [6.45, 7) is 7.76. The fourth-order valence-corrected chi connectivity index (χ4v) is 6.32. The zero-order chi connectivity index (χ0) is 27.0. The first kappa shape index (κ1) is 28.3. The first-order valence-corrected chi connectivity index (χ1v) is 15.4. The molecule has 0 saturated carbocycles. The van der Waals surface area contributed by atoms with Gasteiger partial charge in [-0.15, -0.1) is 0 Å². The van der Waals surface area contributed by atoms with Crippen molar-refractivity contribution >= 4 is 44.5 Å². The minimum absolute atomic E-state index is 0.209. The Morgan fingerprint density at radius 3 is 2.58 bits per heavy atom. The van der Waals surface area contributed by atoms with Gasteiger partial charge in [0.05, 0.1) is 29.6 Å². The van der Waals surface area contributed by atoms with E-state index in [4.69, 9.17) is 9.72 Å². The van der Waals surface area contributed by atoms with Crippen LogP contribution in [0.5, 0.6) is 0 Å². The normalized spacial score (nSPS) is 14.3. The van der Waals surface area contributed by atoms with Gasteiger partial charge in [0.15, 0.2) is 10.8 Å². The molecule has 1 aromatic carbocycles. The molecule has 1 saturated heterocycles. The number of amides is 1. The van der Waals surface area contributed by atoms with E-state index < -0.39 is 10.0 Å². The number of anilines is 1. The maximum atomic E-state index is 12.7. The van der Waals surface area contributed by atoms with E-state index in [1.807, 2.05) is 6.92 Å². The Bertz CT molecular complexity index is 1320. The van der Waals surface area contributed by atoms with E-state index in [1.165, 1.54) is 16.4 Å². The number of hydrogen-bond acceptors (Lipinski definition) is 9. The standard InChI is InChI=1S/C25H35N7O4S2/c1-3-17-37-25-29-22(26-12-16-36-4-2)21-18-28-32(23(21)30-25)15-11-27-24(33)19-7-9-20(10-8-19)38(34,35)31-13-5-6-14-31/h7-10,18H,3-6,11-17H2,1-2H3,(H,27,33)(H,26,29,30). The Balaban J connectivity index is 1.40. The summed E-state index contributed by atoms with van der Waals surface area (Å²) in [6, 6.07) is 6.09. The third kappa shape index (κ3) is 6.82. The topological polar surface area (TPSA) is 131 Å². The molecule has 1 aliphatic rings. The summed E-state index contributed by atoms with van der Waals surface area (Å²) in [5, 5.41) is 12.2. The van der Waals surface area contributed by atoms with Crippen molar-refractivity contribution in [2.24, 2.45) is 0 Å². The predicted octanol–water partition coefficient (Wildman–Crippen LogP) is 2.99. The lowest BCUT2D eigenvalue weighted by molar-refractivity contribution is 0.0952. The Labute approximate surface area is 227 Å². The number of carbonyl (C=O) groups excluding carboxylic acids is 1. The van der Waals surface area contributed by atoms with Gasteiger partial charge in [0.25, 0.3) is 5.91 Å². The molecule has 0 unspecified atom stereocenters. The van der Waals surface area contributed by atoms with E-state index in [0.29, 0.717) is 68.1 Å². The molecule has 0 atom stereocenters. The van der Waals surface area contributed by atoms with E-state index in [0.717, 1.165) is 30.4 Å². The SMILES string of the molecule is CCCSc1nc(NCCOCC)c2cnn(CCNC(=O)c3ccc(S(=O)(=O)N4CCCC4)cc3)c2n1.